The number of hydrogen-bond donors (Lipinski definition) is 4. The number of aliphatic hydroxyl groups excluding tert-OH is 1. The lowest BCUT2D eigenvalue weighted by Crippen LogP contribution is -2.56. The molecule has 2 amide bonds. The number of benzene rings is 6. The van der Waals surface area contributed by atoms with E-state index in [4.69, 9.17) is 14.2 Å². The summed E-state index contributed by atoms with van der Waals surface area (Å²) in [6.07, 6.45) is -1.10. The van der Waals surface area contributed by atoms with Crippen molar-refractivity contribution < 1.29 is 38.8 Å². The van der Waals surface area contributed by atoms with E-state index in [-0.39, 0.29) is 24.5 Å². The number of esters is 1. The quantitative estimate of drug-likeness (QED) is 0.119. The van der Waals surface area contributed by atoms with Crippen LogP contribution in [0.2, 0.25) is 0 Å². The lowest BCUT2D eigenvalue weighted by atomic mass is 9.88. The van der Waals surface area contributed by atoms with Crippen molar-refractivity contribution in [3.63, 3.8) is 0 Å². The van der Waals surface area contributed by atoms with Gasteiger partial charge in [0.1, 0.15) is 18.6 Å². The second kappa shape index (κ2) is 12.2. The number of ether oxygens (including phenoxy) is 3. The zero-order valence-electron chi connectivity index (χ0n) is 36.2. The fourth-order valence-electron chi connectivity index (χ4n) is 13.3. The summed E-state index contributed by atoms with van der Waals surface area (Å²) in [5.74, 6) is -0.858. The van der Waals surface area contributed by atoms with Crippen molar-refractivity contribution in [2.24, 2.45) is 0 Å². The maximum Gasteiger partial charge on any atom is 0.343 e. The van der Waals surface area contributed by atoms with Gasteiger partial charge >= 0.3 is 5.97 Å². The minimum absolute atomic E-state index is 0.00182. The summed E-state index contributed by atoms with van der Waals surface area (Å²) in [5, 5.41) is 37.2. The van der Waals surface area contributed by atoms with Crippen molar-refractivity contribution in [1.29, 1.82) is 0 Å². The summed E-state index contributed by atoms with van der Waals surface area (Å²) in [7, 11) is 1.28. The van der Waals surface area contributed by atoms with Gasteiger partial charge in [-0.3, -0.25) is 9.59 Å². The fraction of sp³-hybridized carbons (Fsp3) is 0.250. The van der Waals surface area contributed by atoms with Crippen LogP contribution in [0, 0.1) is 0 Å². The number of para-hydroxylation sites is 3. The van der Waals surface area contributed by atoms with E-state index < -0.39 is 35.4 Å². The van der Waals surface area contributed by atoms with Crippen molar-refractivity contribution in [1.82, 2.24) is 28.9 Å². The molecule has 0 aliphatic carbocycles. The van der Waals surface area contributed by atoms with Crippen LogP contribution in [0.1, 0.15) is 71.0 Å². The molecule has 67 heavy (non-hydrogen) atoms. The normalized spacial score (nSPS) is 26.4. The first kappa shape index (κ1) is 38.4. The molecule has 10 aromatic rings. The molecule has 6 aromatic carbocycles. The molecule has 4 bridgehead atoms. The van der Waals surface area contributed by atoms with Crippen LogP contribution >= 0.6 is 15.9 Å². The van der Waals surface area contributed by atoms with Gasteiger partial charge in [0.2, 0.25) is 5.60 Å². The zero-order valence-corrected chi connectivity index (χ0v) is 37.8. The number of rotatable bonds is 1. The van der Waals surface area contributed by atoms with Gasteiger partial charge in [-0.05, 0) is 61.4 Å². The fourth-order valence-corrected chi connectivity index (χ4v) is 13.7. The number of nitrogens with zero attached hydrogens (tertiary/aromatic N) is 4. The van der Waals surface area contributed by atoms with E-state index in [2.05, 4.69) is 60.0 Å². The van der Waals surface area contributed by atoms with Gasteiger partial charge in [-0.15, -0.1) is 0 Å². The van der Waals surface area contributed by atoms with E-state index in [0.29, 0.717) is 25.1 Å². The Morgan fingerprint density at radius 3 is 1.84 bits per heavy atom. The topological polar surface area (TPSA) is 163 Å². The first-order valence-corrected chi connectivity index (χ1v) is 23.3. The molecule has 332 valence electrons. The first-order chi connectivity index (χ1) is 32.4. The number of hydrogen-bond acceptors (Lipinski definition) is 8. The number of carbonyl (C=O) groups is 3. The molecule has 10 heterocycles. The third-order valence-electron chi connectivity index (χ3n) is 16.1. The average Bonchev–Trinajstić information content (AvgIpc) is 4.20. The molecule has 6 atom stereocenters. The lowest BCUT2D eigenvalue weighted by Gasteiger charge is -2.37. The van der Waals surface area contributed by atoms with Crippen molar-refractivity contribution in [2.75, 3.05) is 7.11 Å². The van der Waals surface area contributed by atoms with Gasteiger partial charge in [0.25, 0.3) is 11.8 Å². The molecule has 2 saturated heterocycles. The molecule has 0 spiro atoms. The third kappa shape index (κ3) is 4.19. The third-order valence-corrected chi connectivity index (χ3v) is 16.6. The predicted molar refractivity (Wildman–Crippen MR) is 255 cm³/mol. The Hall–Kier alpha value is -6.75. The van der Waals surface area contributed by atoms with E-state index >= 15 is 0 Å². The van der Waals surface area contributed by atoms with E-state index in [1.54, 1.807) is 6.92 Å². The zero-order chi connectivity index (χ0) is 45.4. The predicted octanol–water partition coefficient (Wildman–Crippen LogP) is 8.53. The van der Waals surface area contributed by atoms with Crippen LogP contribution in [0.3, 0.4) is 0 Å². The van der Waals surface area contributed by atoms with Crippen molar-refractivity contribution in [3.8, 4) is 0 Å². The summed E-state index contributed by atoms with van der Waals surface area (Å²) in [5.41, 5.74) is 6.64. The number of fused-ring (bicyclic) bond motifs is 26. The molecule has 4 aromatic heterocycles. The van der Waals surface area contributed by atoms with Gasteiger partial charge in [-0.1, -0.05) is 70.5 Å². The standard InChI is InChI=1S/C27H20BrN3O5.C25H19N3O3/c1-26-27(34,25(33)35-2)10-18(36-26)30-16-8-7-12(28)9-14(16)20-21-15(11-29-24(21)32)19-13-5-3-4-6-17(13)31(26)23(19)22(20)30;1-25-17(29)10-18(31-25)27-15-8-4-2-6-12(15)20-21-14(11-26-24(21)30)19-13-7-3-5-9-16(13)28(25)23(19)22(20)27/h3-9,18,34H,10-11H2,1-2H3,(H,29,32);2-9,17-18,29H,10-11H2,1H3,(H,26,30)/t18?,26-,27+;17-,18?,25-/m00/s1. The smallest absolute Gasteiger partial charge is 0.343 e. The Morgan fingerprint density at radius 2 is 1.21 bits per heavy atom. The van der Waals surface area contributed by atoms with Crippen molar-refractivity contribution >= 4 is 121 Å². The summed E-state index contributed by atoms with van der Waals surface area (Å²) in [6.45, 7) is 4.65. The van der Waals surface area contributed by atoms with Crippen molar-refractivity contribution in [3.05, 3.63) is 118 Å². The Bertz CT molecular complexity index is 4070. The highest BCUT2D eigenvalue weighted by Gasteiger charge is 2.66. The molecular weight excluding hydrogens is 917 g/mol. The van der Waals surface area contributed by atoms with Crippen LogP contribution in [0.5, 0.6) is 0 Å². The van der Waals surface area contributed by atoms with E-state index in [0.717, 1.165) is 108 Å². The van der Waals surface area contributed by atoms with Crippen LogP contribution < -0.4 is 10.6 Å². The van der Waals surface area contributed by atoms with Gasteiger partial charge in [-0.2, -0.15) is 0 Å². The largest absolute Gasteiger partial charge is 0.467 e. The minimum atomic E-state index is -1.94. The molecule has 4 N–H and O–H groups in total. The van der Waals surface area contributed by atoms with E-state index in [1.807, 2.05) is 82.8 Å². The number of aromatic nitrogens is 4. The number of amides is 2. The Balaban J connectivity index is 0.000000124. The highest BCUT2D eigenvalue weighted by molar-refractivity contribution is 9.10. The van der Waals surface area contributed by atoms with Crippen LogP contribution in [0.4, 0.5) is 0 Å². The number of nitrogens with one attached hydrogen (secondary N) is 2. The molecule has 16 rings (SSSR count). The molecular formula is C52H39BrN6O8. The van der Waals surface area contributed by atoms with Crippen LogP contribution in [0.15, 0.2) is 95.5 Å². The molecule has 0 radical (unpaired) electrons. The number of aliphatic hydroxyl groups is 2. The summed E-state index contributed by atoms with van der Waals surface area (Å²) >= 11 is 3.60. The monoisotopic (exact) mass is 954 g/mol. The average molecular weight is 956 g/mol. The number of halogens is 1. The molecule has 2 fully saturated rings. The lowest BCUT2D eigenvalue weighted by molar-refractivity contribution is -0.202. The van der Waals surface area contributed by atoms with Crippen LogP contribution in [-0.2, 0) is 43.5 Å². The summed E-state index contributed by atoms with van der Waals surface area (Å²) in [4.78, 5) is 39.6. The molecule has 6 aliphatic rings. The second-order valence-electron chi connectivity index (χ2n) is 19.1. The molecule has 14 nitrogen and oxygen atoms in total. The number of carbonyl (C=O) groups excluding carboxylic acids is 3. The van der Waals surface area contributed by atoms with Crippen LogP contribution in [0.25, 0.3) is 87.2 Å². The highest BCUT2D eigenvalue weighted by Crippen LogP contribution is 2.59. The molecule has 15 heteroatoms. The SMILES string of the molecule is COC(=O)[C@]1(O)CC2O[C@]1(C)n1c3ccccc3c3c4c(c5c6cc(Br)ccc6n2c5c31)C(=O)NC4.C[C@]12OC(C[C@@H]1O)n1c3ccccc3c3c4c(c5c6ccccc6n2c5c31)CNC4=O. The van der Waals surface area contributed by atoms with Crippen LogP contribution in [-0.4, -0.2) is 65.1 Å². The van der Waals surface area contributed by atoms with E-state index in [1.165, 1.54) is 7.11 Å². The van der Waals surface area contributed by atoms with Gasteiger partial charge in [0.15, 0.2) is 11.4 Å². The van der Waals surface area contributed by atoms with Gasteiger partial charge in [0.05, 0.1) is 62.4 Å². The Kier molecular flexibility index (Phi) is 7.00. The molecule has 0 saturated carbocycles. The maximum absolute atomic E-state index is 13.3. The minimum Gasteiger partial charge on any atom is -0.467 e. The Morgan fingerprint density at radius 1 is 0.687 bits per heavy atom. The highest BCUT2D eigenvalue weighted by atomic mass is 79.9. The van der Waals surface area contributed by atoms with Gasteiger partial charge in [-0.25, -0.2) is 4.79 Å². The Labute approximate surface area is 387 Å². The summed E-state index contributed by atoms with van der Waals surface area (Å²) in [6, 6.07) is 30.3. The van der Waals surface area contributed by atoms with Crippen molar-refractivity contribution in [2.45, 2.75) is 75.4 Å². The second-order valence-corrected chi connectivity index (χ2v) is 20.0. The van der Waals surface area contributed by atoms with Gasteiger partial charge in [0, 0.05) is 73.5 Å². The maximum atomic E-state index is 13.3. The van der Waals surface area contributed by atoms with Gasteiger partial charge < -0.3 is 53.3 Å². The number of methoxy groups -OCH3 is 1. The first-order valence-electron chi connectivity index (χ1n) is 22.5. The summed E-state index contributed by atoms with van der Waals surface area (Å²) < 4.78 is 27.8. The molecule has 6 aliphatic heterocycles. The van der Waals surface area contributed by atoms with E-state index in [9.17, 15) is 24.6 Å². The molecule has 2 unspecified atom stereocenters.